The number of nitrogens with zero attached hydrogens (tertiary/aromatic N) is 2. The van der Waals surface area contributed by atoms with Crippen molar-refractivity contribution in [3.63, 3.8) is 0 Å². The summed E-state index contributed by atoms with van der Waals surface area (Å²) >= 11 is 0. The molecule has 2 saturated heterocycles. The van der Waals surface area contributed by atoms with Gasteiger partial charge < -0.3 is 24.4 Å². The van der Waals surface area contributed by atoms with Gasteiger partial charge >= 0.3 is 0 Å². The third-order valence-corrected chi connectivity index (χ3v) is 4.68. The number of benzene rings is 1. The molecular formula is C19H30IN3O3. The van der Waals surface area contributed by atoms with E-state index in [1.807, 2.05) is 12.1 Å². The zero-order valence-corrected chi connectivity index (χ0v) is 18.0. The number of hydrogen-bond acceptors (Lipinski definition) is 4. The summed E-state index contributed by atoms with van der Waals surface area (Å²) in [5.41, 5.74) is 1.17. The SMILES string of the molecule is CCNC(=NCc1ccc(OC)cc1)N1CCOC(C2CCCO2)C1.I. The maximum atomic E-state index is 5.95. The van der Waals surface area contributed by atoms with Gasteiger partial charge in [-0.05, 0) is 37.5 Å². The molecule has 0 bridgehead atoms. The van der Waals surface area contributed by atoms with Gasteiger partial charge in [0, 0.05) is 26.2 Å². The van der Waals surface area contributed by atoms with Crippen LogP contribution >= 0.6 is 24.0 Å². The second kappa shape index (κ2) is 10.9. The lowest BCUT2D eigenvalue weighted by atomic mass is 10.1. The third-order valence-electron chi connectivity index (χ3n) is 4.68. The average molecular weight is 475 g/mol. The first kappa shape index (κ1) is 21.2. The lowest BCUT2D eigenvalue weighted by molar-refractivity contribution is -0.0817. The number of guanidine groups is 1. The summed E-state index contributed by atoms with van der Waals surface area (Å²) in [6.45, 7) is 6.86. The standard InChI is InChI=1S/C19H29N3O3.HI/c1-3-20-19(21-13-15-6-8-16(23-2)9-7-15)22-10-12-25-18(14-22)17-5-4-11-24-17;/h6-9,17-18H,3-5,10-14H2,1-2H3,(H,20,21);1H. The van der Waals surface area contributed by atoms with Crippen LogP contribution in [0.25, 0.3) is 0 Å². The van der Waals surface area contributed by atoms with Gasteiger partial charge in [0.25, 0.3) is 0 Å². The minimum Gasteiger partial charge on any atom is -0.497 e. The molecule has 7 heteroatoms. The van der Waals surface area contributed by atoms with E-state index < -0.39 is 0 Å². The first-order valence-corrected chi connectivity index (χ1v) is 9.19. The first-order valence-electron chi connectivity index (χ1n) is 9.19. The molecule has 0 spiro atoms. The van der Waals surface area contributed by atoms with Gasteiger partial charge in [-0.2, -0.15) is 0 Å². The molecule has 2 atom stereocenters. The number of halogens is 1. The van der Waals surface area contributed by atoms with Crippen molar-refractivity contribution in [2.24, 2.45) is 4.99 Å². The van der Waals surface area contributed by atoms with Crippen molar-refractivity contribution in [2.45, 2.75) is 38.5 Å². The topological polar surface area (TPSA) is 55.3 Å². The highest BCUT2D eigenvalue weighted by molar-refractivity contribution is 14.0. The number of ether oxygens (including phenoxy) is 3. The average Bonchev–Trinajstić information content (AvgIpc) is 3.20. The zero-order chi connectivity index (χ0) is 17.5. The Balaban J connectivity index is 0.00000243. The smallest absolute Gasteiger partial charge is 0.194 e. The Kier molecular flexibility index (Phi) is 8.94. The number of morpholine rings is 1. The second-order valence-electron chi connectivity index (χ2n) is 6.42. The van der Waals surface area contributed by atoms with E-state index in [1.165, 1.54) is 5.56 Å². The van der Waals surface area contributed by atoms with Crippen LogP contribution in [-0.4, -0.2) is 63.0 Å². The van der Waals surface area contributed by atoms with Crippen molar-refractivity contribution in [3.8, 4) is 5.75 Å². The van der Waals surface area contributed by atoms with Crippen molar-refractivity contribution < 1.29 is 14.2 Å². The summed E-state index contributed by atoms with van der Waals surface area (Å²) in [5, 5.41) is 3.41. The minimum atomic E-state index is 0. The van der Waals surface area contributed by atoms with Gasteiger partial charge in [-0.1, -0.05) is 12.1 Å². The molecule has 0 saturated carbocycles. The quantitative estimate of drug-likeness (QED) is 0.403. The van der Waals surface area contributed by atoms with Crippen molar-refractivity contribution in [2.75, 3.05) is 40.0 Å². The van der Waals surface area contributed by atoms with E-state index in [4.69, 9.17) is 19.2 Å². The molecule has 0 amide bonds. The van der Waals surface area contributed by atoms with Crippen molar-refractivity contribution in [1.82, 2.24) is 10.2 Å². The molecule has 2 aliphatic rings. The Morgan fingerprint density at radius 2 is 2.00 bits per heavy atom. The van der Waals surface area contributed by atoms with Gasteiger partial charge in [-0.3, -0.25) is 0 Å². The summed E-state index contributed by atoms with van der Waals surface area (Å²) < 4.78 is 17.0. The van der Waals surface area contributed by atoms with E-state index in [-0.39, 0.29) is 36.2 Å². The molecule has 0 aliphatic carbocycles. The van der Waals surface area contributed by atoms with Crippen LogP contribution in [0.15, 0.2) is 29.3 Å². The fraction of sp³-hybridized carbons (Fsp3) is 0.632. The summed E-state index contributed by atoms with van der Waals surface area (Å²) in [6, 6.07) is 8.06. The Morgan fingerprint density at radius 1 is 1.23 bits per heavy atom. The molecule has 3 rings (SSSR count). The van der Waals surface area contributed by atoms with Crippen LogP contribution in [0.4, 0.5) is 0 Å². The molecule has 26 heavy (non-hydrogen) atoms. The van der Waals surface area contributed by atoms with Crippen LogP contribution in [0.1, 0.15) is 25.3 Å². The Morgan fingerprint density at radius 3 is 2.65 bits per heavy atom. The number of rotatable bonds is 5. The molecule has 146 valence electrons. The first-order chi connectivity index (χ1) is 12.3. The number of hydrogen-bond donors (Lipinski definition) is 1. The van der Waals surface area contributed by atoms with E-state index in [2.05, 4.69) is 29.3 Å². The van der Waals surface area contributed by atoms with E-state index >= 15 is 0 Å². The van der Waals surface area contributed by atoms with Gasteiger partial charge in [-0.15, -0.1) is 24.0 Å². The van der Waals surface area contributed by atoms with E-state index in [0.29, 0.717) is 6.54 Å². The Labute approximate surface area is 173 Å². The molecular weight excluding hydrogens is 445 g/mol. The lowest BCUT2D eigenvalue weighted by Crippen LogP contribution is -2.53. The summed E-state index contributed by atoms with van der Waals surface area (Å²) in [5.74, 6) is 1.82. The monoisotopic (exact) mass is 475 g/mol. The Hall–Kier alpha value is -1.06. The number of nitrogens with one attached hydrogen (secondary N) is 1. The van der Waals surface area contributed by atoms with Gasteiger partial charge in [0.2, 0.25) is 0 Å². The lowest BCUT2D eigenvalue weighted by Gasteiger charge is -2.37. The van der Waals surface area contributed by atoms with Crippen LogP contribution in [0.5, 0.6) is 5.75 Å². The van der Waals surface area contributed by atoms with Crippen LogP contribution in [-0.2, 0) is 16.0 Å². The fourth-order valence-corrected chi connectivity index (χ4v) is 3.31. The summed E-state index contributed by atoms with van der Waals surface area (Å²) in [4.78, 5) is 7.11. The molecule has 0 radical (unpaired) electrons. The normalized spacial score (nSPS) is 23.5. The van der Waals surface area contributed by atoms with Crippen molar-refractivity contribution in [1.29, 1.82) is 0 Å². The van der Waals surface area contributed by atoms with Gasteiger partial charge in [-0.25, -0.2) is 4.99 Å². The third kappa shape index (κ3) is 5.72. The fourth-order valence-electron chi connectivity index (χ4n) is 3.31. The second-order valence-corrected chi connectivity index (χ2v) is 6.42. The molecule has 2 fully saturated rings. The highest BCUT2D eigenvalue weighted by atomic mass is 127. The van der Waals surface area contributed by atoms with E-state index in [0.717, 1.165) is 57.4 Å². The van der Waals surface area contributed by atoms with Crippen molar-refractivity contribution >= 4 is 29.9 Å². The predicted octanol–water partition coefficient (Wildman–Crippen LogP) is 2.66. The molecule has 1 N–H and O–H groups in total. The highest BCUT2D eigenvalue weighted by Crippen LogP contribution is 2.21. The highest BCUT2D eigenvalue weighted by Gasteiger charge is 2.32. The van der Waals surface area contributed by atoms with Crippen LogP contribution < -0.4 is 10.1 Å². The molecule has 2 aliphatic heterocycles. The summed E-state index contributed by atoms with van der Waals surface area (Å²) in [7, 11) is 1.68. The van der Waals surface area contributed by atoms with Crippen molar-refractivity contribution in [3.05, 3.63) is 29.8 Å². The summed E-state index contributed by atoms with van der Waals surface area (Å²) in [6.07, 6.45) is 2.60. The molecule has 2 heterocycles. The number of methoxy groups -OCH3 is 1. The predicted molar refractivity (Wildman–Crippen MR) is 114 cm³/mol. The zero-order valence-electron chi connectivity index (χ0n) is 15.6. The maximum Gasteiger partial charge on any atom is 0.194 e. The largest absolute Gasteiger partial charge is 0.497 e. The molecule has 1 aromatic rings. The molecule has 1 aromatic carbocycles. The van der Waals surface area contributed by atoms with Crippen LogP contribution in [0.2, 0.25) is 0 Å². The minimum absolute atomic E-state index is 0. The van der Waals surface area contributed by atoms with Crippen LogP contribution in [0.3, 0.4) is 0 Å². The number of aliphatic imine (C=N–C) groups is 1. The van der Waals surface area contributed by atoms with E-state index in [9.17, 15) is 0 Å². The van der Waals surface area contributed by atoms with Crippen LogP contribution in [0, 0.1) is 0 Å². The van der Waals surface area contributed by atoms with Gasteiger partial charge in [0.1, 0.15) is 11.9 Å². The Bertz CT molecular complexity index is 562. The molecule has 2 unspecified atom stereocenters. The van der Waals surface area contributed by atoms with Gasteiger partial charge in [0.15, 0.2) is 5.96 Å². The maximum absolute atomic E-state index is 5.95. The van der Waals surface area contributed by atoms with E-state index in [1.54, 1.807) is 7.11 Å². The van der Waals surface area contributed by atoms with Gasteiger partial charge in [0.05, 0.1) is 26.4 Å². The molecule has 6 nitrogen and oxygen atoms in total. The molecule has 0 aromatic heterocycles.